The third-order valence-corrected chi connectivity index (χ3v) is 4.21. The Morgan fingerprint density at radius 3 is 2.43 bits per heavy atom. The Balaban J connectivity index is 1.53. The lowest BCUT2D eigenvalue weighted by Gasteiger charge is -2.10. The molecule has 2 aromatic carbocycles. The van der Waals surface area contributed by atoms with Gasteiger partial charge in [0.2, 0.25) is 11.9 Å². The fourth-order valence-electron chi connectivity index (χ4n) is 2.94. The van der Waals surface area contributed by atoms with E-state index in [1.54, 1.807) is 30.5 Å². The van der Waals surface area contributed by atoms with Gasteiger partial charge >= 0.3 is 0 Å². The summed E-state index contributed by atoms with van der Waals surface area (Å²) >= 11 is 0. The van der Waals surface area contributed by atoms with Crippen LogP contribution in [0.15, 0.2) is 73.1 Å². The number of hydrogen-bond acceptors (Lipinski definition) is 6. The van der Waals surface area contributed by atoms with Gasteiger partial charge in [-0.3, -0.25) is 14.6 Å². The van der Waals surface area contributed by atoms with Crippen LogP contribution in [0.4, 0.5) is 23.0 Å². The number of carbonyl (C=O) groups excluding carboxylic acids is 2. The molecule has 4 aromatic rings. The first-order valence-electron chi connectivity index (χ1n) is 9.21. The second-order valence-corrected chi connectivity index (χ2v) is 6.49. The van der Waals surface area contributed by atoms with E-state index in [1.165, 1.54) is 19.2 Å². The average Bonchev–Trinajstić information content (AvgIpc) is 2.74. The number of para-hydroxylation sites is 1. The first-order valence-corrected chi connectivity index (χ1v) is 9.21. The number of hydrogen-bond donors (Lipinski definition) is 3. The van der Waals surface area contributed by atoms with Crippen molar-refractivity contribution in [1.82, 2.24) is 15.0 Å². The molecule has 0 aliphatic rings. The van der Waals surface area contributed by atoms with Crippen LogP contribution in [0.3, 0.4) is 0 Å². The monoisotopic (exact) mass is 398 g/mol. The molecule has 0 saturated carbocycles. The zero-order chi connectivity index (χ0) is 20.9. The van der Waals surface area contributed by atoms with Gasteiger partial charge in [-0.25, -0.2) is 9.97 Å². The number of rotatable bonds is 5. The number of amides is 2. The van der Waals surface area contributed by atoms with Gasteiger partial charge in [-0.15, -0.1) is 0 Å². The average molecular weight is 398 g/mol. The van der Waals surface area contributed by atoms with Gasteiger partial charge in [0.15, 0.2) is 0 Å². The molecule has 0 unspecified atom stereocenters. The number of benzene rings is 2. The molecule has 148 valence electrons. The van der Waals surface area contributed by atoms with Crippen LogP contribution < -0.4 is 16.0 Å². The van der Waals surface area contributed by atoms with Crippen LogP contribution in [0, 0.1) is 0 Å². The maximum Gasteiger partial charge on any atom is 0.274 e. The van der Waals surface area contributed by atoms with Crippen molar-refractivity contribution >= 4 is 45.7 Å². The molecule has 2 amide bonds. The van der Waals surface area contributed by atoms with Crippen molar-refractivity contribution in [2.75, 3.05) is 16.0 Å². The van der Waals surface area contributed by atoms with Crippen molar-refractivity contribution in [2.45, 2.75) is 6.92 Å². The maximum atomic E-state index is 12.6. The highest BCUT2D eigenvalue weighted by Crippen LogP contribution is 2.23. The molecule has 0 atom stereocenters. The van der Waals surface area contributed by atoms with E-state index >= 15 is 0 Å². The van der Waals surface area contributed by atoms with Crippen molar-refractivity contribution in [2.24, 2.45) is 0 Å². The third-order valence-electron chi connectivity index (χ3n) is 4.21. The number of fused-ring (bicyclic) bond motifs is 1. The van der Waals surface area contributed by atoms with Crippen LogP contribution in [0.25, 0.3) is 10.9 Å². The molecule has 0 aliphatic heterocycles. The number of nitrogens with zero attached hydrogens (tertiary/aromatic N) is 3. The SMILES string of the molecule is CC(=O)Nc1cccc(NC(=O)c2ccnc(Nc3cccc4cccnc34)n2)c1. The van der Waals surface area contributed by atoms with Crippen molar-refractivity contribution in [1.29, 1.82) is 0 Å². The Kier molecular flexibility index (Phi) is 5.29. The lowest BCUT2D eigenvalue weighted by Crippen LogP contribution is -2.15. The van der Waals surface area contributed by atoms with E-state index in [0.717, 1.165) is 16.6 Å². The van der Waals surface area contributed by atoms with Crippen LogP contribution in [0.5, 0.6) is 0 Å². The molecule has 0 aliphatic carbocycles. The number of aromatic nitrogens is 3. The molecule has 2 aromatic heterocycles. The molecule has 8 heteroatoms. The summed E-state index contributed by atoms with van der Waals surface area (Å²) < 4.78 is 0. The van der Waals surface area contributed by atoms with Crippen LogP contribution in [0.1, 0.15) is 17.4 Å². The molecule has 4 rings (SSSR count). The summed E-state index contributed by atoms with van der Waals surface area (Å²) in [5.41, 5.74) is 2.86. The molecular formula is C22H18N6O2. The topological polar surface area (TPSA) is 109 Å². The minimum atomic E-state index is -0.392. The van der Waals surface area contributed by atoms with Crippen molar-refractivity contribution in [3.63, 3.8) is 0 Å². The fraction of sp³-hybridized carbons (Fsp3) is 0.0455. The summed E-state index contributed by atoms with van der Waals surface area (Å²) in [4.78, 5) is 36.7. The minimum Gasteiger partial charge on any atom is -0.326 e. The van der Waals surface area contributed by atoms with E-state index in [9.17, 15) is 9.59 Å². The van der Waals surface area contributed by atoms with E-state index in [-0.39, 0.29) is 17.5 Å². The highest BCUT2D eigenvalue weighted by molar-refractivity contribution is 6.03. The summed E-state index contributed by atoms with van der Waals surface area (Å²) in [6.07, 6.45) is 3.23. The Bertz CT molecular complexity index is 1240. The van der Waals surface area contributed by atoms with E-state index in [4.69, 9.17) is 0 Å². The smallest absolute Gasteiger partial charge is 0.274 e. The molecular weight excluding hydrogens is 380 g/mol. The van der Waals surface area contributed by atoms with Crippen molar-refractivity contribution < 1.29 is 9.59 Å². The Morgan fingerprint density at radius 2 is 1.60 bits per heavy atom. The van der Waals surface area contributed by atoms with Gasteiger partial charge in [0.1, 0.15) is 5.69 Å². The predicted octanol–water partition coefficient (Wildman–Crippen LogP) is 3.98. The summed E-state index contributed by atoms with van der Waals surface area (Å²) in [6, 6.07) is 18.0. The Morgan fingerprint density at radius 1 is 0.833 bits per heavy atom. The zero-order valence-electron chi connectivity index (χ0n) is 16.1. The van der Waals surface area contributed by atoms with Crippen LogP contribution >= 0.6 is 0 Å². The van der Waals surface area contributed by atoms with Crippen molar-refractivity contribution in [3.8, 4) is 0 Å². The van der Waals surface area contributed by atoms with Crippen LogP contribution in [0.2, 0.25) is 0 Å². The first kappa shape index (κ1) is 19.0. The minimum absolute atomic E-state index is 0.187. The summed E-state index contributed by atoms with van der Waals surface area (Å²) in [7, 11) is 0. The Hall–Kier alpha value is -4.33. The van der Waals surface area contributed by atoms with Crippen LogP contribution in [-0.4, -0.2) is 26.8 Å². The predicted molar refractivity (Wildman–Crippen MR) is 116 cm³/mol. The van der Waals surface area contributed by atoms with E-state index < -0.39 is 5.91 Å². The number of carbonyl (C=O) groups is 2. The van der Waals surface area contributed by atoms with Gasteiger partial charge in [0.25, 0.3) is 5.91 Å². The quantitative estimate of drug-likeness (QED) is 0.469. The molecule has 0 saturated heterocycles. The summed E-state index contributed by atoms with van der Waals surface area (Å²) in [5, 5.41) is 9.56. The van der Waals surface area contributed by atoms with Gasteiger partial charge < -0.3 is 16.0 Å². The molecule has 0 fully saturated rings. The highest BCUT2D eigenvalue weighted by atomic mass is 16.2. The molecule has 0 bridgehead atoms. The second-order valence-electron chi connectivity index (χ2n) is 6.49. The Labute approximate surface area is 172 Å². The lowest BCUT2D eigenvalue weighted by molar-refractivity contribution is -0.114. The normalized spacial score (nSPS) is 10.4. The second kappa shape index (κ2) is 8.36. The van der Waals surface area contributed by atoms with Gasteiger partial charge in [-0.2, -0.15) is 0 Å². The summed E-state index contributed by atoms with van der Waals surface area (Å²) in [5.74, 6) is -0.294. The number of nitrogens with one attached hydrogen (secondary N) is 3. The van der Waals surface area contributed by atoms with Gasteiger partial charge in [0.05, 0.1) is 11.2 Å². The number of anilines is 4. The fourth-order valence-corrected chi connectivity index (χ4v) is 2.94. The molecule has 0 radical (unpaired) electrons. The number of pyridine rings is 1. The molecule has 30 heavy (non-hydrogen) atoms. The largest absolute Gasteiger partial charge is 0.326 e. The first-order chi connectivity index (χ1) is 14.6. The molecule has 3 N–H and O–H groups in total. The zero-order valence-corrected chi connectivity index (χ0v) is 16.1. The highest BCUT2D eigenvalue weighted by Gasteiger charge is 2.11. The molecule has 0 spiro atoms. The van der Waals surface area contributed by atoms with E-state index in [0.29, 0.717) is 11.4 Å². The molecule has 2 heterocycles. The van der Waals surface area contributed by atoms with Gasteiger partial charge in [0, 0.05) is 36.1 Å². The van der Waals surface area contributed by atoms with Crippen molar-refractivity contribution in [3.05, 3.63) is 78.8 Å². The van der Waals surface area contributed by atoms with Crippen LogP contribution in [-0.2, 0) is 4.79 Å². The lowest BCUT2D eigenvalue weighted by atomic mass is 10.2. The van der Waals surface area contributed by atoms with Gasteiger partial charge in [-0.1, -0.05) is 24.3 Å². The van der Waals surface area contributed by atoms with Gasteiger partial charge in [-0.05, 0) is 36.4 Å². The maximum absolute atomic E-state index is 12.6. The van der Waals surface area contributed by atoms with E-state index in [2.05, 4.69) is 30.9 Å². The third kappa shape index (κ3) is 4.39. The molecule has 8 nitrogen and oxygen atoms in total. The summed E-state index contributed by atoms with van der Waals surface area (Å²) in [6.45, 7) is 1.42. The standard InChI is InChI=1S/C22H18N6O2/c1-14(29)25-16-7-3-8-17(13-16)26-21(30)19-10-12-24-22(28-19)27-18-9-2-5-15-6-4-11-23-20(15)18/h2-13H,1H3,(H,25,29)(H,26,30)(H,24,27,28). The van der Waals surface area contributed by atoms with E-state index in [1.807, 2.05) is 30.3 Å².